The average molecular weight is 278 g/mol. The van der Waals surface area contributed by atoms with Gasteiger partial charge in [-0.25, -0.2) is 8.78 Å². The van der Waals surface area contributed by atoms with Gasteiger partial charge in [-0.1, -0.05) is 44.3 Å². The van der Waals surface area contributed by atoms with Crippen LogP contribution in [0.4, 0.5) is 8.78 Å². The lowest BCUT2D eigenvalue weighted by atomic mass is 10.1. The van der Waals surface area contributed by atoms with Crippen molar-refractivity contribution in [2.24, 2.45) is 0 Å². The highest BCUT2D eigenvalue weighted by molar-refractivity contribution is 6.13. The van der Waals surface area contributed by atoms with Gasteiger partial charge in [-0.3, -0.25) is 0 Å². The van der Waals surface area contributed by atoms with Crippen molar-refractivity contribution in [2.75, 3.05) is 13.2 Å². The van der Waals surface area contributed by atoms with Gasteiger partial charge in [-0.15, -0.1) is 0 Å². The van der Waals surface area contributed by atoms with Crippen molar-refractivity contribution in [3.8, 4) is 0 Å². The summed E-state index contributed by atoms with van der Waals surface area (Å²) in [6.45, 7) is 7.20. The Balaban J connectivity index is 3.06. The minimum atomic E-state index is -2.35. The summed E-state index contributed by atoms with van der Waals surface area (Å²) in [7, 11) is -0.00597. The fourth-order valence-corrected chi connectivity index (χ4v) is 2.12. The summed E-state index contributed by atoms with van der Waals surface area (Å²) in [4.78, 5) is 0. The molecular weight excluding hydrogens is 250 g/mol. The van der Waals surface area contributed by atoms with E-state index in [4.69, 9.17) is 4.74 Å². The number of alkyl halides is 2. The predicted molar refractivity (Wildman–Crippen MR) is 77.5 cm³/mol. The van der Waals surface area contributed by atoms with E-state index in [1.807, 2.05) is 6.92 Å². The third kappa shape index (κ3) is 15.8. The van der Waals surface area contributed by atoms with Crippen LogP contribution in [0.5, 0.6) is 0 Å². The zero-order valence-electron chi connectivity index (χ0n) is 11.9. The topological polar surface area (TPSA) is 9.23 Å². The van der Waals surface area contributed by atoms with Gasteiger partial charge >= 0.3 is 0 Å². The summed E-state index contributed by atoms with van der Waals surface area (Å²) in [6, 6.07) is 0. The Labute approximate surface area is 113 Å². The Morgan fingerprint density at radius 1 is 1.06 bits per heavy atom. The van der Waals surface area contributed by atoms with Crippen LogP contribution in [-0.2, 0) is 4.74 Å². The molecular formula is C14H28F2OSi. The van der Waals surface area contributed by atoms with E-state index in [1.165, 1.54) is 12.8 Å². The minimum Gasteiger partial charge on any atom is -0.377 e. The number of ether oxygens (including phenoxy) is 1. The molecule has 0 aromatic heterocycles. The van der Waals surface area contributed by atoms with Gasteiger partial charge in [0.25, 0.3) is 0 Å². The molecule has 0 atom stereocenters. The van der Waals surface area contributed by atoms with Crippen LogP contribution in [0.3, 0.4) is 0 Å². The van der Waals surface area contributed by atoms with Crippen molar-refractivity contribution in [1.29, 1.82) is 0 Å². The molecule has 108 valence electrons. The van der Waals surface area contributed by atoms with E-state index in [0.29, 0.717) is 13.0 Å². The summed E-state index contributed by atoms with van der Waals surface area (Å²) >= 11 is 0. The van der Waals surface area contributed by atoms with Crippen molar-refractivity contribution in [3.63, 3.8) is 0 Å². The molecule has 0 radical (unpaired) electrons. The van der Waals surface area contributed by atoms with Crippen LogP contribution in [0.1, 0.15) is 58.3 Å². The largest absolute Gasteiger partial charge is 0.377 e. The monoisotopic (exact) mass is 278 g/mol. The van der Waals surface area contributed by atoms with E-state index in [-0.39, 0.29) is 16.7 Å². The van der Waals surface area contributed by atoms with Crippen molar-refractivity contribution in [3.05, 3.63) is 12.2 Å². The second-order valence-corrected chi connectivity index (χ2v) is 6.77. The maximum Gasteiger partial charge on any atom is 0.219 e. The molecule has 0 fully saturated rings. The highest BCUT2D eigenvalue weighted by Gasteiger charge is 2.18. The normalized spacial score (nSPS) is 11.9. The summed E-state index contributed by atoms with van der Waals surface area (Å²) in [5.74, 6) is 0. The third-order valence-electron chi connectivity index (χ3n) is 2.75. The lowest BCUT2D eigenvalue weighted by Gasteiger charge is -2.09. The number of unbranched alkanes of at least 4 members (excludes halogenated alkanes) is 6. The van der Waals surface area contributed by atoms with Crippen LogP contribution in [-0.4, -0.2) is 29.0 Å². The molecule has 0 aliphatic heterocycles. The van der Waals surface area contributed by atoms with Crippen molar-refractivity contribution < 1.29 is 13.5 Å². The van der Waals surface area contributed by atoms with E-state index in [2.05, 4.69) is 6.58 Å². The Morgan fingerprint density at radius 2 is 1.56 bits per heavy atom. The molecule has 0 aliphatic rings. The molecule has 0 N–H and O–H groups in total. The zero-order valence-corrected chi connectivity index (χ0v) is 13.9. The first-order valence-corrected chi connectivity index (χ1v) is 8.02. The van der Waals surface area contributed by atoms with Gasteiger partial charge < -0.3 is 4.74 Å². The summed E-state index contributed by atoms with van der Waals surface area (Å²) < 4.78 is 30.5. The predicted octanol–water partition coefficient (Wildman–Crippen LogP) is 3.66. The van der Waals surface area contributed by atoms with Gasteiger partial charge in [0.15, 0.2) is 0 Å². The van der Waals surface area contributed by atoms with Crippen LogP contribution in [0.15, 0.2) is 12.2 Å². The minimum absolute atomic E-state index is 0.00597. The van der Waals surface area contributed by atoms with E-state index < -0.39 is 5.55 Å². The van der Waals surface area contributed by atoms with Crippen molar-refractivity contribution >= 4 is 10.2 Å². The van der Waals surface area contributed by atoms with Crippen LogP contribution in [0.25, 0.3) is 0 Å². The van der Waals surface area contributed by atoms with Crippen molar-refractivity contribution in [1.82, 2.24) is 0 Å². The number of hydrogen-bond donors (Lipinski definition) is 0. The molecule has 18 heavy (non-hydrogen) atoms. The van der Waals surface area contributed by atoms with E-state index in [1.54, 1.807) is 0 Å². The van der Waals surface area contributed by atoms with Crippen molar-refractivity contribution in [2.45, 2.75) is 63.8 Å². The Kier molecular flexibility index (Phi) is 10.5. The highest BCUT2D eigenvalue weighted by Crippen LogP contribution is 2.18. The zero-order chi connectivity index (χ0) is 13.9. The first kappa shape index (κ1) is 17.8. The summed E-state index contributed by atoms with van der Waals surface area (Å²) in [5.41, 5.74) is -1.29. The standard InChI is InChI=1S/C14H28F2OSi/c1-13(2)12-17-11-9-7-5-3-4-6-8-10-14(15,16)18/h1,3-12H2,2,18H3. The average Bonchev–Trinajstić information content (AvgIpc) is 2.24. The molecule has 1 nitrogen and oxygen atoms in total. The smallest absolute Gasteiger partial charge is 0.219 e. The van der Waals surface area contributed by atoms with Crippen LogP contribution in [0.2, 0.25) is 0 Å². The molecule has 0 spiro atoms. The molecule has 0 amide bonds. The molecule has 0 aromatic carbocycles. The highest BCUT2D eigenvalue weighted by atomic mass is 28.1. The Morgan fingerprint density at radius 3 is 2.06 bits per heavy atom. The third-order valence-corrected chi connectivity index (χ3v) is 3.25. The van der Waals surface area contributed by atoms with Gasteiger partial charge in [-0.05, 0) is 19.8 Å². The maximum absolute atomic E-state index is 12.6. The second kappa shape index (κ2) is 10.7. The van der Waals surface area contributed by atoms with E-state index >= 15 is 0 Å². The number of rotatable bonds is 12. The molecule has 0 bridgehead atoms. The molecule has 0 aromatic rings. The Bertz CT molecular complexity index is 214. The van der Waals surface area contributed by atoms with Gasteiger partial charge in [-0.2, -0.15) is 0 Å². The maximum atomic E-state index is 12.6. The molecule has 0 heterocycles. The summed E-state index contributed by atoms with van der Waals surface area (Å²) in [6.07, 6.45) is 7.42. The first-order chi connectivity index (χ1) is 8.42. The quantitative estimate of drug-likeness (QED) is 0.301. The fourth-order valence-electron chi connectivity index (χ4n) is 1.77. The van der Waals surface area contributed by atoms with Gasteiger partial charge in [0.05, 0.1) is 16.8 Å². The van der Waals surface area contributed by atoms with Crippen LogP contribution in [0, 0.1) is 0 Å². The van der Waals surface area contributed by atoms with Crippen LogP contribution >= 0.6 is 0 Å². The molecule has 0 unspecified atom stereocenters. The van der Waals surface area contributed by atoms with Gasteiger partial charge in [0.1, 0.15) is 0 Å². The lowest BCUT2D eigenvalue weighted by molar-refractivity contribution is 0.0819. The molecule has 0 saturated heterocycles. The van der Waals surface area contributed by atoms with Gasteiger partial charge in [0.2, 0.25) is 5.55 Å². The fraction of sp³-hybridized carbons (Fsp3) is 0.857. The molecule has 0 aliphatic carbocycles. The number of halogens is 2. The molecule has 4 heteroatoms. The second-order valence-electron chi connectivity index (χ2n) is 5.30. The lowest BCUT2D eigenvalue weighted by Crippen LogP contribution is -2.14. The number of hydrogen-bond acceptors (Lipinski definition) is 1. The Hall–Kier alpha value is -0.223. The molecule has 0 rings (SSSR count). The first-order valence-electron chi connectivity index (χ1n) is 7.02. The SMILES string of the molecule is C=C(C)COCCCCCCCCCC(F)(F)[SiH3]. The van der Waals surface area contributed by atoms with E-state index in [9.17, 15) is 8.78 Å². The van der Waals surface area contributed by atoms with Gasteiger partial charge in [0, 0.05) is 13.0 Å². The molecule has 0 saturated carbocycles. The van der Waals surface area contributed by atoms with Crippen LogP contribution < -0.4 is 0 Å². The summed E-state index contributed by atoms with van der Waals surface area (Å²) in [5, 5.41) is 0. The van der Waals surface area contributed by atoms with E-state index in [0.717, 1.165) is 37.9 Å².